The van der Waals surface area contributed by atoms with Gasteiger partial charge in [-0.1, -0.05) is 29.8 Å². The molecule has 1 saturated heterocycles. The van der Waals surface area contributed by atoms with Gasteiger partial charge in [-0.05, 0) is 12.5 Å². The molecule has 1 aliphatic heterocycles. The molecular weight excluding hydrogens is 174 g/mol. The second-order valence-corrected chi connectivity index (χ2v) is 3.87. The van der Waals surface area contributed by atoms with Crippen LogP contribution in [0.25, 0.3) is 0 Å². The summed E-state index contributed by atoms with van der Waals surface area (Å²) in [4.78, 5) is 2.44. The second-order valence-electron chi connectivity index (χ2n) is 3.87. The van der Waals surface area contributed by atoms with Crippen LogP contribution in [0.15, 0.2) is 24.3 Å². The molecule has 1 aromatic carbocycles. The number of morpholine rings is 1. The number of benzene rings is 1. The number of rotatable bonds is 2. The third kappa shape index (κ3) is 2.56. The minimum Gasteiger partial charge on any atom is -0.379 e. The standard InChI is InChI=1S/C12H17NO/c1-11-2-4-12(5-3-11)10-13-6-8-14-9-7-13/h2-5H,6-10H2,1H3. The summed E-state index contributed by atoms with van der Waals surface area (Å²) in [5.41, 5.74) is 2.73. The van der Waals surface area contributed by atoms with Gasteiger partial charge in [0.05, 0.1) is 13.2 Å². The molecular formula is C12H17NO. The van der Waals surface area contributed by atoms with Crippen LogP contribution in [-0.2, 0) is 11.3 Å². The number of hydrogen-bond donors (Lipinski definition) is 0. The molecule has 0 aliphatic carbocycles. The van der Waals surface area contributed by atoms with Gasteiger partial charge in [-0.3, -0.25) is 4.90 Å². The summed E-state index contributed by atoms with van der Waals surface area (Å²) in [5, 5.41) is 0. The molecule has 2 nitrogen and oxygen atoms in total. The highest BCUT2D eigenvalue weighted by Crippen LogP contribution is 2.08. The first kappa shape index (κ1) is 9.69. The summed E-state index contributed by atoms with van der Waals surface area (Å²) in [6.07, 6.45) is 0. The van der Waals surface area contributed by atoms with Crippen LogP contribution < -0.4 is 0 Å². The Morgan fingerprint density at radius 2 is 1.79 bits per heavy atom. The molecule has 2 heteroatoms. The molecule has 0 saturated carbocycles. The van der Waals surface area contributed by atoms with Gasteiger partial charge in [-0.2, -0.15) is 0 Å². The molecule has 0 atom stereocenters. The fourth-order valence-corrected chi connectivity index (χ4v) is 1.71. The molecule has 76 valence electrons. The highest BCUT2D eigenvalue weighted by Gasteiger charge is 2.09. The van der Waals surface area contributed by atoms with Crippen molar-refractivity contribution in [2.24, 2.45) is 0 Å². The van der Waals surface area contributed by atoms with Crippen molar-refractivity contribution < 1.29 is 4.74 Å². The van der Waals surface area contributed by atoms with E-state index in [0.29, 0.717) is 0 Å². The van der Waals surface area contributed by atoms with Gasteiger partial charge in [0.15, 0.2) is 0 Å². The monoisotopic (exact) mass is 191 g/mol. The van der Waals surface area contributed by atoms with Gasteiger partial charge in [-0.15, -0.1) is 0 Å². The Labute approximate surface area is 85.5 Å². The summed E-state index contributed by atoms with van der Waals surface area (Å²) in [5.74, 6) is 0. The number of aryl methyl sites for hydroxylation is 1. The van der Waals surface area contributed by atoms with Crippen LogP contribution in [0.3, 0.4) is 0 Å². The number of hydrogen-bond acceptors (Lipinski definition) is 2. The van der Waals surface area contributed by atoms with E-state index < -0.39 is 0 Å². The molecule has 1 heterocycles. The maximum atomic E-state index is 5.31. The van der Waals surface area contributed by atoms with Crippen molar-refractivity contribution in [1.82, 2.24) is 4.90 Å². The van der Waals surface area contributed by atoms with Gasteiger partial charge in [0.2, 0.25) is 0 Å². The quantitative estimate of drug-likeness (QED) is 0.707. The van der Waals surface area contributed by atoms with Crippen LogP contribution in [0.5, 0.6) is 0 Å². The van der Waals surface area contributed by atoms with E-state index in [0.717, 1.165) is 32.8 Å². The van der Waals surface area contributed by atoms with Crippen molar-refractivity contribution >= 4 is 0 Å². The van der Waals surface area contributed by atoms with Crippen LogP contribution in [0.4, 0.5) is 0 Å². The molecule has 14 heavy (non-hydrogen) atoms. The lowest BCUT2D eigenvalue weighted by Gasteiger charge is -2.26. The topological polar surface area (TPSA) is 12.5 Å². The third-order valence-corrected chi connectivity index (χ3v) is 2.63. The predicted molar refractivity (Wildman–Crippen MR) is 57.3 cm³/mol. The fraction of sp³-hybridized carbons (Fsp3) is 0.500. The van der Waals surface area contributed by atoms with Gasteiger partial charge in [0.25, 0.3) is 0 Å². The highest BCUT2D eigenvalue weighted by molar-refractivity contribution is 5.21. The molecule has 2 rings (SSSR count). The van der Waals surface area contributed by atoms with E-state index in [4.69, 9.17) is 4.74 Å². The fourth-order valence-electron chi connectivity index (χ4n) is 1.71. The smallest absolute Gasteiger partial charge is 0.0594 e. The van der Waals surface area contributed by atoms with Gasteiger partial charge in [0.1, 0.15) is 0 Å². The van der Waals surface area contributed by atoms with Gasteiger partial charge in [-0.25, -0.2) is 0 Å². The van der Waals surface area contributed by atoms with Crippen molar-refractivity contribution in [2.45, 2.75) is 13.5 Å². The third-order valence-electron chi connectivity index (χ3n) is 2.63. The van der Waals surface area contributed by atoms with E-state index in [-0.39, 0.29) is 0 Å². The zero-order chi connectivity index (χ0) is 9.80. The summed E-state index contributed by atoms with van der Waals surface area (Å²) in [6.45, 7) is 7.07. The van der Waals surface area contributed by atoms with E-state index >= 15 is 0 Å². The Bertz CT molecular complexity index is 275. The molecule has 0 unspecified atom stereocenters. The van der Waals surface area contributed by atoms with Crippen molar-refractivity contribution in [2.75, 3.05) is 26.3 Å². The van der Waals surface area contributed by atoms with E-state index in [2.05, 4.69) is 36.1 Å². The lowest BCUT2D eigenvalue weighted by Crippen LogP contribution is -2.35. The average molecular weight is 191 g/mol. The maximum absolute atomic E-state index is 5.31. The Kier molecular flexibility index (Phi) is 3.17. The van der Waals surface area contributed by atoms with E-state index in [1.54, 1.807) is 0 Å². The van der Waals surface area contributed by atoms with Crippen molar-refractivity contribution in [1.29, 1.82) is 0 Å². The predicted octanol–water partition coefficient (Wildman–Crippen LogP) is 1.83. The summed E-state index contributed by atoms with van der Waals surface area (Å²) in [7, 11) is 0. The average Bonchev–Trinajstić information content (AvgIpc) is 2.23. The normalized spacial score (nSPS) is 18.4. The molecule has 0 spiro atoms. The van der Waals surface area contributed by atoms with Crippen molar-refractivity contribution in [3.05, 3.63) is 35.4 Å². The van der Waals surface area contributed by atoms with Gasteiger partial charge in [0, 0.05) is 19.6 Å². The van der Waals surface area contributed by atoms with Crippen molar-refractivity contribution in [3.63, 3.8) is 0 Å². The molecule has 1 aliphatic rings. The minimum atomic E-state index is 0.881. The molecule has 0 bridgehead atoms. The Morgan fingerprint density at radius 3 is 2.43 bits per heavy atom. The van der Waals surface area contributed by atoms with E-state index in [1.807, 2.05) is 0 Å². The molecule has 1 aromatic rings. The minimum absolute atomic E-state index is 0.881. The Morgan fingerprint density at radius 1 is 1.14 bits per heavy atom. The van der Waals surface area contributed by atoms with Crippen molar-refractivity contribution in [3.8, 4) is 0 Å². The van der Waals surface area contributed by atoms with Gasteiger partial charge < -0.3 is 4.74 Å². The van der Waals surface area contributed by atoms with E-state index in [9.17, 15) is 0 Å². The SMILES string of the molecule is Cc1ccc(CN2CCOCC2)cc1. The Balaban J connectivity index is 1.92. The summed E-state index contributed by atoms with van der Waals surface area (Å²) in [6, 6.07) is 8.78. The molecule has 0 amide bonds. The molecule has 1 fully saturated rings. The molecule has 0 aromatic heterocycles. The molecule has 0 N–H and O–H groups in total. The largest absolute Gasteiger partial charge is 0.379 e. The van der Waals surface area contributed by atoms with Crippen LogP contribution in [0.1, 0.15) is 11.1 Å². The first-order chi connectivity index (χ1) is 6.84. The lowest BCUT2D eigenvalue weighted by atomic mass is 10.1. The number of nitrogens with zero attached hydrogens (tertiary/aromatic N) is 1. The zero-order valence-corrected chi connectivity index (χ0v) is 8.70. The Hall–Kier alpha value is -0.860. The molecule has 0 radical (unpaired) electrons. The van der Waals surface area contributed by atoms with Crippen LogP contribution >= 0.6 is 0 Å². The second kappa shape index (κ2) is 4.58. The van der Waals surface area contributed by atoms with Crippen LogP contribution in [0, 0.1) is 6.92 Å². The summed E-state index contributed by atoms with van der Waals surface area (Å²) < 4.78 is 5.31. The van der Waals surface area contributed by atoms with Crippen LogP contribution in [-0.4, -0.2) is 31.2 Å². The number of ether oxygens (including phenoxy) is 1. The van der Waals surface area contributed by atoms with E-state index in [1.165, 1.54) is 11.1 Å². The summed E-state index contributed by atoms with van der Waals surface area (Å²) >= 11 is 0. The van der Waals surface area contributed by atoms with Crippen LogP contribution in [0.2, 0.25) is 0 Å². The lowest BCUT2D eigenvalue weighted by molar-refractivity contribution is 0.0342. The zero-order valence-electron chi connectivity index (χ0n) is 8.70. The highest BCUT2D eigenvalue weighted by atomic mass is 16.5. The first-order valence-electron chi connectivity index (χ1n) is 5.20. The maximum Gasteiger partial charge on any atom is 0.0594 e. The first-order valence-corrected chi connectivity index (χ1v) is 5.20. The van der Waals surface area contributed by atoms with Gasteiger partial charge >= 0.3 is 0 Å².